The van der Waals surface area contributed by atoms with Crippen LogP contribution in [0.5, 0.6) is 6.01 Å². The lowest BCUT2D eigenvalue weighted by molar-refractivity contribution is -0.405. The van der Waals surface area contributed by atoms with Crippen molar-refractivity contribution in [2.24, 2.45) is 5.92 Å². The Bertz CT molecular complexity index is 2340. The van der Waals surface area contributed by atoms with Gasteiger partial charge in [-0.3, -0.25) is 14.7 Å². The largest absolute Gasteiger partial charge is 0.444 e. The van der Waals surface area contributed by atoms with Crippen molar-refractivity contribution in [2.75, 3.05) is 46.4 Å². The molecule has 0 aliphatic carbocycles. The molecule has 306 valence electrons. The van der Waals surface area contributed by atoms with Crippen LogP contribution >= 0.6 is 11.6 Å². The van der Waals surface area contributed by atoms with E-state index >= 15 is 4.39 Å². The summed E-state index contributed by atoms with van der Waals surface area (Å²) in [7, 11) is 1.79. The number of fused-ring (bicyclic) bond motifs is 3. The summed E-state index contributed by atoms with van der Waals surface area (Å²) in [5, 5.41) is 1.12. The minimum absolute atomic E-state index is 0.0500. The maximum absolute atomic E-state index is 16.9. The molecule has 4 aliphatic heterocycles. The predicted molar refractivity (Wildman–Crippen MR) is 215 cm³/mol. The smallest absolute Gasteiger partial charge is 0.434 e. The fourth-order valence-electron chi connectivity index (χ4n) is 9.03. The summed E-state index contributed by atoms with van der Waals surface area (Å²) < 4.78 is 59.8. The lowest BCUT2D eigenvalue weighted by Crippen LogP contribution is -2.43. The van der Waals surface area contributed by atoms with E-state index in [1.807, 2.05) is 27.0 Å². The Morgan fingerprint density at radius 2 is 1.90 bits per heavy atom. The average Bonchev–Trinajstić information content (AvgIpc) is 3.98. The van der Waals surface area contributed by atoms with Gasteiger partial charge in [0.15, 0.2) is 5.82 Å². The molecule has 4 aromatic rings. The minimum atomic E-state index is -0.955. The highest BCUT2D eigenvalue weighted by molar-refractivity contribution is 6.36. The van der Waals surface area contributed by atoms with Crippen molar-refractivity contribution >= 4 is 57.3 Å². The molecule has 15 heteroatoms. The quantitative estimate of drug-likeness (QED) is 0.101. The molecule has 58 heavy (non-hydrogen) atoms. The second-order valence-corrected chi connectivity index (χ2v) is 17.4. The molecule has 0 spiro atoms. The number of carbonyl (C=O) groups excluding carboxylic acids is 2. The van der Waals surface area contributed by atoms with Crippen molar-refractivity contribution < 1.29 is 36.8 Å². The van der Waals surface area contributed by atoms with Gasteiger partial charge in [0.2, 0.25) is 5.91 Å². The van der Waals surface area contributed by atoms with E-state index in [1.54, 1.807) is 57.8 Å². The third-order valence-electron chi connectivity index (χ3n) is 11.8. The van der Waals surface area contributed by atoms with Crippen LogP contribution in [0.25, 0.3) is 32.9 Å². The zero-order valence-electron chi connectivity index (χ0n) is 33.2. The summed E-state index contributed by atoms with van der Waals surface area (Å²) in [5.41, 5.74) is -0.902. The first kappa shape index (κ1) is 40.0. The van der Waals surface area contributed by atoms with Gasteiger partial charge in [-0.05, 0) is 70.9 Å². The van der Waals surface area contributed by atoms with Crippen LogP contribution in [0.3, 0.4) is 0 Å². The van der Waals surface area contributed by atoms with Crippen molar-refractivity contribution in [2.45, 2.75) is 82.6 Å². The predicted octanol–water partition coefficient (Wildman–Crippen LogP) is 7.88. The van der Waals surface area contributed by atoms with E-state index in [2.05, 4.69) is 14.9 Å². The summed E-state index contributed by atoms with van der Waals surface area (Å²) in [6.07, 6.45) is 9.75. The zero-order valence-corrected chi connectivity index (χ0v) is 33.9. The van der Waals surface area contributed by atoms with Gasteiger partial charge in [0, 0.05) is 66.7 Å². The summed E-state index contributed by atoms with van der Waals surface area (Å²) in [6, 6.07) is 7.70. The molecule has 4 saturated heterocycles. The normalized spacial score (nSPS) is 24.1. The number of carbonyl (C=O) groups is 2. The highest BCUT2D eigenvalue weighted by Gasteiger charge is 2.49. The SMILES string of the molecule is C[N+](=CC1CCN(C(=O)/C=C/C2CCCN2C(=O)OC(C)(C)C)C1)c1nc(OC[C@@]23CCCN2C[C@H](F)C3)nc2c(F)c(-c3cccc4ccc(F)c(Cl)c34)ncc12. The van der Waals surface area contributed by atoms with E-state index in [0.29, 0.717) is 66.6 Å². The minimum Gasteiger partial charge on any atom is -0.444 e. The molecule has 0 saturated carbocycles. The van der Waals surface area contributed by atoms with E-state index in [-0.39, 0.29) is 52.8 Å². The third-order valence-corrected chi connectivity index (χ3v) is 12.1. The van der Waals surface area contributed by atoms with Gasteiger partial charge in [0.05, 0.1) is 29.9 Å². The number of aromatic nitrogens is 3. The molecule has 8 rings (SSSR count). The number of amides is 2. The molecule has 0 radical (unpaired) electrons. The molecule has 11 nitrogen and oxygen atoms in total. The van der Waals surface area contributed by atoms with Gasteiger partial charge in [-0.1, -0.05) is 41.9 Å². The first-order valence-electron chi connectivity index (χ1n) is 20.0. The van der Waals surface area contributed by atoms with Crippen LogP contribution < -0.4 is 4.74 Å². The van der Waals surface area contributed by atoms with Crippen LogP contribution in [0.2, 0.25) is 5.02 Å². The number of hydrogen-bond acceptors (Lipinski definition) is 8. The molecule has 2 aromatic heterocycles. The van der Waals surface area contributed by atoms with Crippen LogP contribution in [-0.2, 0) is 9.53 Å². The zero-order chi connectivity index (χ0) is 40.9. The van der Waals surface area contributed by atoms with Crippen LogP contribution in [0.1, 0.15) is 59.3 Å². The molecule has 6 heterocycles. The van der Waals surface area contributed by atoms with E-state index in [1.165, 1.54) is 12.3 Å². The lowest BCUT2D eigenvalue weighted by Gasteiger charge is -2.30. The number of benzene rings is 2. The Morgan fingerprint density at radius 1 is 1.07 bits per heavy atom. The number of halogens is 4. The third kappa shape index (κ3) is 7.84. The lowest BCUT2D eigenvalue weighted by atomic mass is 9.95. The molecule has 0 N–H and O–H groups in total. The molecule has 4 aliphatic rings. The molecule has 4 atom stereocenters. The number of alkyl halides is 1. The van der Waals surface area contributed by atoms with Crippen LogP contribution in [0.4, 0.5) is 23.8 Å². The van der Waals surface area contributed by atoms with Crippen LogP contribution in [0, 0.1) is 17.6 Å². The van der Waals surface area contributed by atoms with Crippen molar-refractivity contribution in [3.8, 4) is 17.3 Å². The molecule has 2 aromatic carbocycles. The van der Waals surface area contributed by atoms with E-state index in [9.17, 15) is 18.4 Å². The van der Waals surface area contributed by atoms with E-state index < -0.39 is 28.9 Å². The maximum Gasteiger partial charge on any atom is 0.434 e. The van der Waals surface area contributed by atoms with Gasteiger partial charge in [-0.25, -0.2) is 22.5 Å². The summed E-state index contributed by atoms with van der Waals surface area (Å²) >= 11 is 6.44. The summed E-state index contributed by atoms with van der Waals surface area (Å²) in [6.45, 7) is 8.31. The first-order valence-corrected chi connectivity index (χ1v) is 20.4. The Labute approximate surface area is 340 Å². The number of pyridine rings is 1. The van der Waals surface area contributed by atoms with Crippen LogP contribution in [0.15, 0.2) is 48.7 Å². The molecule has 2 amide bonds. The van der Waals surface area contributed by atoms with E-state index in [0.717, 1.165) is 32.2 Å². The van der Waals surface area contributed by atoms with Gasteiger partial charge in [0.1, 0.15) is 40.8 Å². The van der Waals surface area contributed by atoms with E-state index in [4.69, 9.17) is 26.1 Å². The number of ether oxygens (including phenoxy) is 2. The maximum atomic E-state index is 16.9. The second-order valence-electron chi connectivity index (χ2n) is 17.0. The topological polar surface area (TPSA) is 104 Å². The Hall–Kier alpha value is -4.82. The monoisotopic (exact) mass is 818 g/mol. The molecule has 2 unspecified atom stereocenters. The highest BCUT2D eigenvalue weighted by Crippen LogP contribution is 2.41. The number of hydrogen-bond donors (Lipinski definition) is 0. The number of nitrogens with zero attached hydrogens (tertiary/aromatic N) is 7. The average molecular weight is 819 g/mol. The number of likely N-dealkylation sites (tertiary alicyclic amines) is 2. The van der Waals surface area contributed by atoms with Gasteiger partial charge in [-0.2, -0.15) is 4.98 Å². The second kappa shape index (κ2) is 15.7. The molecule has 0 bridgehead atoms. The molecule has 4 fully saturated rings. The highest BCUT2D eigenvalue weighted by atomic mass is 35.5. The van der Waals surface area contributed by atoms with Crippen molar-refractivity contribution in [1.29, 1.82) is 0 Å². The Kier molecular flexibility index (Phi) is 10.9. The summed E-state index contributed by atoms with van der Waals surface area (Å²) in [4.78, 5) is 45.5. The first-order chi connectivity index (χ1) is 27.7. The standard InChI is InChI=1S/C43H48ClF3N7O4/c1-42(2,3)58-41(56)54-18-6-9-29(54)12-14-33(55)52-19-15-26(23-52)22-51(4)39-31-21-48-37(30-10-5-8-27-11-13-32(46)35(44)34(27)30)36(47)38(31)49-40(50-39)57-25-43-16-7-17-53(43)24-28(45)20-43/h5,8,10-14,21-22,26,28-29H,6-7,9,15-20,23-25H2,1-4H3/q+1/b14-12+,51-22?/t26?,28-,29?,43+/m1/s1. The van der Waals surface area contributed by atoms with Gasteiger partial charge < -0.3 is 19.3 Å². The fraction of sp³-hybridized carbons (Fsp3) is 0.488. The Balaban J connectivity index is 1.08. The Morgan fingerprint density at radius 3 is 2.71 bits per heavy atom. The molecular weight excluding hydrogens is 771 g/mol. The fourth-order valence-corrected chi connectivity index (χ4v) is 9.31. The summed E-state index contributed by atoms with van der Waals surface area (Å²) in [5.74, 6) is -1.26. The van der Waals surface area contributed by atoms with Crippen LogP contribution in [-0.4, -0.2) is 122 Å². The van der Waals surface area contributed by atoms with Gasteiger partial charge in [0.25, 0.3) is 0 Å². The molecular formula is C43H48ClF3N7O4+. The number of rotatable bonds is 8. The van der Waals surface area contributed by atoms with Gasteiger partial charge in [-0.15, -0.1) is 0 Å². The van der Waals surface area contributed by atoms with Crippen molar-refractivity contribution in [3.05, 3.63) is 65.3 Å². The van der Waals surface area contributed by atoms with Gasteiger partial charge >= 0.3 is 17.9 Å². The van der Waals surface area contributed by atoms with Crippen molar-refractivity contribution in [3.63, 3.8) is 0 Å². The van der Waals surface area contributed by atoms with Crippen molar-refractivity contribution in [1.82, 2.24) is 29.7 Å².